The van der Waals surface area contributed by atoms with E-state index in [-0.39, 0.29) is 12.4 Å². The molecule has 68 valence electrons. The minimum Gasteiger partial charge on any atom is -0.480 e. The second kappa shape index (κ2) is 8.17. The van der Waals surface area contributed by atoms with Crippen LogP contribution in [-0.2, 0) is 4.79 Å². The highest BCUT2D eigenvalue weighted by molar-refractivity contribution is 7.98. The Hall–Kier alpha value is 0.0700. The van der Waals surface area contributed by atoms with Gasteiger partial charge in [-0.25, -0.2) is 0 Å². The van der Waals surface area contributed by atoms with Gasteiger partial charge in [0.1, 0.15) is 6.04 Å². The Morgan fingerprint density at radius 2 is 2.27 bits per heavy atom. The highest BCUT2D eigenvalue weighted by Gasteiger charge is 2.09. The van der Waals surface area contributed by atoms with Crippen LogP contribution in [0.4, 0.5) is 0 Å². The van der Waals surface area contributed by atoms with Crippen molar-refractivity contribution in [3.8, 4) is 0 Å². The van der Waals surface area contributed by atoms with E-state index in [1.165, 1.54) is 0 Å². The van der Waals surface area contributed by atoms with Crippen LogP contribution in [0.2, 0.25) is 0 Å². The molecule has 0 radical (unpaired) electrons. The zero-order valence-corrected chi connectivity index (χ0v) is 8.08. The number of hydrogen-bond donors (Lipinski definition) is 2. The summed E-state index contributed by atoms with van der Waals surface area (Å²) in [6.07, 6.45) is 3.46. The summed E-state index contributed by atoms with van der Waals surface area (Å²) in [6.45, 7) is 0. The van der Waals surface area contributed by atoms with Gasteiger partial charge in [-0.1, -0.05) is 0 Å². The molecule has 0 aliphatic rings. The van der Waals surface area contributed by atoms with Crippen molar-refractivity contribution in [1.29, 1.82) is 0 Å². The number of carboxylic acid groups (broad SMARTS) is 1. The number of thioether (sulfide) groups is 1. The number of hydrogen-bond acceptors (Lipinski definition) is 3. The van der Waals surface area contributed by atoms with Crippen molar-refractivity contribution in [2.24, 2.45) is 5.73 Å². The van der Waals surface area contributed by atoms with Gasteiger partial charge in [0.25, 0.3) is 0 Å². The summed E-state index contributed by atoms with van der Waals surface area (Å²) in [5.74, 6) is 0.0853. The maximum absolute atomic E-state index is 10.2. The Balaban J connectivity index is 0. The molecule has 0 aromatic heterocycles. The molecule has 5 heteroatoms. The van der Waals surface area contributed by atoms with Gasteiger partial charge in [-0.05, 0) is 24.9 Å². The predicted molar refractivity (Wildman–Crippen MR) is 50.5 cm³/mol. The van der Waals surface area contributed by atoms with Gasteiger partial charge < -0.3 is 10.8 Å². The van der Waals surface area contributed by atoms with Crippen LogP contribution in [-0.4, -0.2) is 29.1 Å². The van der Waals surface area contributed by atoms with Crippen LogP contribution in [0.25, 0.3) is 0 Å². The number of rotatable bonds is 5. The van der Waals surface area contributed by atoms with E-state index in [0.717, 1.165) is 12.2 Å². The normalized spacial score (nSPS) is 11.8. The lowest BCUT2D eigenvalue weighted by atomic mass is 10.2. The quantitative estimate of drug-likeness (QED) is 0.648. The summed E-state index contributed by atoms with van der Waals surface area (Å²) in [6, 6.07) is -0.674. The Labute approximate surface area is 77.1 Å². The van der Waals surface area contributed by atoms with Gasteiger partial charge in [0.2, 0.25) is 0 Å². The molecule has 0 aliphatic carbocycles. The molecular formula is C6H14ClNO2S. The van der Waals surface area contributed by atoms with Gasteiger partial charge in [0.05, 0.1) is 0 Å². The summed E-state index contributed by atoms with van der Waals surface area (Å²) < 4.78 is 0. The summed E-state index contributed by atoms with van der Waals surface area (Å²) >= 11 is 1.71. The van der Waals surface area contributed by atoms with E-state index >= 15 is 0 Å². The number of carboxylic acids is 1. The number of halogens is 1. The van der Waals surface area contributed by atoms with Crippen LogP contribution in [0, 0.1) is 0 Å². The first-order valence-electron chi connectivity index (χ1n) is 3.15. The van der Waals surface area contributed by atoms with Crippen molar-refractivity contribution >= 4 is 30.1 Å². The molecule has 0 rings (SSSR count). The van der Waals surface area contributed by atoms with E-state index < -0.39 is 12.0 Å². The van der Waals surface area contributed by atoms with E-state index in [0.29, 0.717) is 6.42 Å². The highest BCUT2D eigenvalue weighted by atomic mass is 35.5. The van der Waals surface area contributed by atoms with Crippen molar-refractivity contribution in [1.82, 2.24) is 0 Å². The van der Waals surface area contributed by atoms with E-state index in [2.05, 4.69) is 0 Å². The second-order valence-corrected chi connectivity index (χ2v) is 3.07. The highest BCUT2D eigenvalue weighted by Crippen LogP contribution is 2.01. The van der Waals surface area contributed by atoms with Gasteiger partial charge in [-0.15, -0.1) is 12.4 Å². The lowest BCUT2D eigenvalue weighted by molar-refractivity contribution is -0.138. The minimum atomic E-state index is -0.902. The summed E-state index contributed by atoms with van der Waals surface area (Å²) in [5, 5.41) is 8.35. The molecule has 0 fully saturated rings. The third kappa shape index (κ3) is 7.97. The average molecular weight is 200 g/mol. The van der Waals surface area contributed by atoms with Crippen molar-refractivity contribution in [3.63, 3.8) is 0 Å². The Morgan fingerprint density at radius 3 is 2.64 bits per heavy atom. The summed E-state index contributed by atoms with van der Waals surface area (Å²) in [4.78, 5) is 10.2. The van der Waals surface area contributed by atoms with Gasteiger partial charge in [-0.2, -0.15) is 11.8 Å². The molecule has 0 bridgehead atoms. The van der Waals surface area contributed by atoms with E-state index in [1.54, 1.807) is 11.8 Å². The molecule has 1 atom stereocenters. The van der Waals surface area contributed by atoms with E-state index in [4.69, 9.17) is 10.8 Å². The maximum atomic E-state index is 10.2. The Morgan fingerprint density at radius 1 is 1.73 bits per heavy atom. The molecular weight excluding hydrogens is 186 g/mol. The molecule has 0 aromatic carbocycles. The SMILES string of the molecule is CSCCC[C@H](N)C(=O)O.Cl. The fourth-order valence-corrected chi connectivity index (χ4v) is 1.03. The first-order valence-corrected chi connectivity index (χ1v) is 4.55. The predicted octanol–water partition coefficient (Wildman–Crippen LogP) is 0.963. The zero-order valence-electron chi connectivity index (χ0n) is 6.45. The molecule has 3 nitrogen and oxygen atoms in total. The number of carbonyl (C=O) groups is 1. The lowest BCUT2D eigenvalue weighted by Gasteiger charge is -2.03. The summed E-state index contributed by atoms with van der Waals surface area (Å²) in [7, 11) is 0. The monoisotopic (exact) mass is 199 g/mol. The van der Waals surface area contributed by atoms with Crippen LogP contribution in [0.5, 0.6) is 0 Å². The first kappa shape index (κ1) is 13.6. The topological polar surface area (TPSA) is 63.3 Å². The van der Waals surface area contributed by atoms with Crippen molar-refractivity contribution in [2.75, 3.05) is 12.0 Å². The van der Waals surface area contributed by atoms with Gasteiger partial charge in [0.15, 0.2) is 0 Å². The zero-order chi connectivity index (χ0) is 7.98. The minimum absolute atomic E-state index is 0. The smallest absolute Gasteiger partial charge is 0.320 e. The van der Waals surface area contributed by atoms with Crippen molar-refractivity contribution < 1.29 is 9.90 Å². The fourth-order valence-electron chi connectivity index (χ4n) is 0.571. The van der Waals surface area contributed by atoms with Crippen LogP contribution in [0.3, 0.4) is 0 Å². The molecule has 11 heavy (non-hydrogen) atoms. The van der Waals surface area contributed by atoms with Crippen molar-refractivity contribution in [3.05, 3.63) is 0 Å². The first-order chi connectivity index (χ1) is 4.68. The fraction of sp³-hybridized carbons (Fsp3) is 0.833. The molecule has 0 heterocycles. The molecule has 0 saturated carbocycles. The summed E-state index contributed by atoms with van der Waals surface area (Å²) in [5.41, 5.74) is 5.25. The third-order valence-electron chi connectivity index (χ3n) is 1.18. The molecule has 0 saturated heterocycles. The van der Waals surface area contributed by atoms with Crippen LogP contribution < -0.4 is 5.73 Å². The van der Waals surface area contributed by atoms with Gasteiger partial charge in [-0.3, -0.25) is 4.79 Å². The maximum Gasteiger partial charge on any atom is 0.320 e. The molecule has 0 aromatic rings. The number of aliphatic carboxylic acids is 1. The molecule has 3 N–H and O–H groups in total. The molecule has 0 spiro atoms. The van der Waals surface area contributed by atoms with Crippen molar-refractivity contribution in [2.45, 2.75) is 18.9 Å². The van der Waals surface area contributed by atoms with Crippen LogP contribution in [0.15, 0.2) is 0 Å². The standard InChI is InChI=1S/C6H13NO2S.ClH/c1-10-4-2-3-5(7)6(8)9;/h5H,2-4,7H2,1H3,(H,8,9);1H/t5-;/m0./s1. The van der Waals surface area contributed by atoms with Crippen LogP contribution >= 0.6 is 24.2 Å². The average Bonchev–Trinajstić information content (AvgIpc) is 1.88. The van der Waals surface area contributed by atoms with E-state index in [9.17, 15) is 4.79 Å². The number of nitrogens with two attached hydrogens (primary N) is 1. The van der Waals surface area contributed by atoms with Gasteiger partial charge in [0, 0.05) is 0 Å². The largest absolute Gasteiger partial charge is 0.480 e. The van der Waals surface area contributed by atoms with E-state index in [1.807, 2.05) is 6.26 Å². The second-order valence-electron chi connectivity index (χ2n) is 2.08. The van der Waals surface area contributed by atoms with Crippen LogP contribution in [0.1, 0.15) is 12.8 Å². The Bertz CT molecular complexity index is 113. The third-order valence-corrected chi connectivity index (χ3v) is 1.88. The lowest BCUT2D eigenvalue weighted by Crippen LogP contribution is -2.29. The molecule has 0 amide bonds. The molecule has 0 aliphatic heterocycles. The molecule has 0 unspecified atom stereocenters. The Kier molecular flexibility index (Phi) is 10.1. The van der Waals surface area contributed by atoms with Gasteiger partial charge >= 0.3 is 5.97 Å².